The molecule has 1 rings (SSSR count). The molecule has 0 aromatic carbocycles. The number of nitrogens with two attached hydrogens (primary N) is 1. The number of hydrogen-bond donors (Lipinski definition) is 2. The maximum Gasteiger partial charge on any atom is 0.0303 e. The van der Waals surface area contributed by atoms with Gasteiger partial charge in [0.15, 0.2) is 0 Å². The van der Waals surface area contributed by atoms with Crippen LogP contribution in [0.15, 0.2) is 0 Å². The first-order valence-electron chi connectivity index (χ1n) is 3.79. The minimum absolute atomic E-state index is 0.394. The van der Waals surface area contributed by atoms with Crippen molar-refractivity contribution in [3.05, 3.63) is 0 Å². The molecular formula is C7H16N2S. The van der Waals surface area contributed by atoms with Gasteiger partial charge in [-0.15, -0.1) is 0 Å². The van der Waals surface area contributed by atoms with E-state index in [4.69, 9.17) is 5.73 Å². The molecule has 0 atom stereocenters. The Labute approximate surface area is 66.9 Å². The van der Waals surface area contributed by atoms with Gasteiger partial charge in [0, 0.05) is 11.3 Å². The molecule has 1 heterocycles. The highest BCUT2D eigenvalue weighted by Gasteiger charge is 2.28. The molecule has 0 aliphatic carbocycles. The predicted molar refractivity (Wildman–Crippen MR) is 47.4 cm³/mol. The van der Waals surface area contributed by atoms with Crippen molar-refractivity contribution in [2.75, 3.05) is 25.9 Å². The van der Waals surface area contributed by atoms with Crippen LogP contribution in [0.1, 0.15) is 12.8 Å². The summed E-state index contributed by atoms with van der Waals surface area (Å²) in [6, 6.07) is 0. The lowest BCUT2D eigenvalue weighted by atomic mass is 9.97. The fraction of sp³-hybridized carbons (Fsp3) is 1.00. The van der Waals surface area contributed by atoms with E-state index in [2.05, 4.69) is 11.6 Å². The zero-order chi connectivity index (χ0) is 7.45. The highest BCUT2D eigenvalue weighted by atomic mass is 32.2. The van der Waals surface area contributed by atoms with E-state index in [-0.39, 0.29) is 0 Å². The van der Waals surface area contributed by atoms with Crippen LogP contribution in [0.25, 0.3) is 0 Å². The first-order valence-corrected chi connectivity index (χ1v) is 5.01. The molecule has 2 nitrogen and oxygen atoms in total. The SMILES string of the molecule is CSC1(CN)CCNCC1. The monoisotopic (exact) mass is 160 g/mol. The van der Waals surface area contributed by atoms with Crippen molar-refractivity contribution in [1.29, 1.82) is 0 Å². The first kappa shape index (κ1) is 8.37. The molecule has 1 aliphatic heterocycles. The van der Waals surface area contributed by atoms with E-state index in [1.165, 1.54) is 12.8 Å². The summed E-state index contributed by atoms with van der Waals surface area (Å²) in [6.07, 6.45) is 4.62. The van der Waals surface area contributed by atoms with Gasteiger partial charge in [0.2, 0.25) is 0 Å². The summed E-state index contributed by atoms with van der Waals surface area (Å²) in [6.45, 7) is 3.10. The van der Waals surface area contributed by atoms with Gasteiger partial charge in [0.05, 0.1) is 0 Å². The maximum atomic E-state index is 5.70. The number of thioether (sulfide) groups is 1. The zero-order valence-electron chi connectivity index (χ0n) is 6.52. The van der Waals surface area contributed by atoms with Crippen LogP contribution in [0.2, 0.25) is 0 Å². The molecule has 0 aromatic heterocycles. The molecule has 0 radical (unpaired) electrons. The second kappa shape index (κ2) is 3.60. The van der Waals surface area contributed by atoms with Crippen LogP contribution >= 0.6 is 11.8 Å². The normalized spacial score (nSPS) is 24.6. The van der Waals surface area contributed by atoms with Gasteiger partial charge >= 0.3 is 0 Å². The minimum atomic E-state index is 0.394. The van der Waals surface area contributed by atoms with E-state index in [9.17, 15) is 0 Å². The minimum Gasteiger partial charge on any atom is -0.329 e. The summed E-state index contributed by atoms with van der Waals surface area (Å²) < 4.78 is 0.394. The Morgan fingerprint density at radius 2 is 2.10 bits per heavy atom. The summed E-state index contributed by atoms with van der Waals surface area (Å²) in [7, 11) is 0. The lowest BCUT2D eigenvalue weighted by Gasteiger charge is -2.34. The molecule has 3 heteroatoms. The van der Waals surface area contributed by atoms with Crippen LogP contribution in [-0.2, 0) is 0 Å². The Balaban J connectivity index is 2.44. The topological polar surface area (TPSA) is 38.0 Å². The average Bonchev–Trinajstić information content (AvgIpc) is 2.06. The molecule has 1 aliphatic rings. The van der Waals surface area contributed by atoms with Crippen LogP contribution in [-0.4, -0.2) is 30.6 Å². The van der Waals surface area contributed by atoms with Crippen LogP contribution in [0.3, 0.4) is 0 Å². The molecule has 10 heavy (non-hydrogen) atoms. The van der Waals surface area contributed by atoms with Gasteiger partial charge in [-0.3, -0.25) is 0 Å². The second-order valence-electron chi connectivity index (χ2n) is 2.84. The Bertz CT molecular complexity index is 93.8. The fourth-order valence-electron chi connectivity index (χ4n) is 1.37. The van der Waals surface area contributed by atoms with Gasteiger partial charge in [-0.1, -0.05) is 0 Å². The van der Waals surface area contributed by atoms with Crippen molar-refractivity contribution in [3.63, 3.8) is 0 Å². The molecule has 60 valence electrons. The van der Waals surface area contributed by atoms with Crippen molar-refractivity contribution in [3.8, 4) is 0 Å². The van der Waals surface area contributed by atoms with Crippen molar-refractivity contribution < 1.29 is 0 Å². The van der Waals surface area contributed by atoms with Gasteiger partial charge in [-0.2, -0.15) is 11.8 Å². The highest BCUT2D eigenvalue weighted by molar-refractivity contribution is 8.00. The van der Waals surface area contributed by atoms with Gasteiger partial charge in [0.25, 0.3) is 0 Å². The molecule has 0 aromatic rings. The third-order valence-corrected chi connectivity index (χ3v) is 3.76. The van der Waals surface area contributed by atoms with Crippen LogP contribution < -0.4 is 11.1 Å². The Morgan fingerprint density at radius 1 is 1.50 bits per heavy atom. The molecule has 0 bridgehead atoms. The number of hydrogen-bond acceptors (Lipinski definition) is 3. The number of piperidine rings is 1. The van der Waals surface area contributed by atoms with Gasteiger partial charge < -0.3 is 11.1 Å². The Morgan fingerprint density at radius 3 is 2.40 bits per heavy atom. The molecule has 0 unspecified atom stereocenters. The van der Waals surface area contributed by atoms with Crippen LogP contribution in [0, 0.1) is 0 Å². The third-order valence-electron chi connectivity index (χ3n) is 2.32. The predicted octanol–water partition coefficient (Wildman–Crippen LogP) is 0.430. The van der Waals surface area contributed by atoms with E-state index in [0.29, 0.717) is 4.75 Å². The molecule has 0 spiro atoms. The Kier molecular flexibility index (Phi) is 3.01. The molecule has 1 saturated heterocycles. The van der Waals surface area contributed by atoms with Crippen molar-refractivity contribution >= 4 is 11.8 Å². The van der Waals surface area contributed by atoms with Crippen molar-refractivity contribution in [2.45, 2.75) is 17.6 Å². The average molecular weight is 160 g/mol. The lowest BCUT2D eigenvalue weighted by molar-refractivity contribution is 0.420. The van der Waals surface area contributed by atoms with Crippen molar-refractivity contribution in [2.24, 2.45) is 5.73 Å². The summed E-state index contributed by atoms with van der Waals surface area (Å²) in [5, 5.41) is 3.34. The van der Waals surface area contributed by atoms with E-state index < -0.39 is 0 Å². The maximum absolute atomic E-state index is 5.70. The van der Waals surface area contributed by atoms with Crippen molar-refractivity contribution in [1.82, 2.24) is 5.32 Å². The van der Waals surface area contributed by atoms with Gasteiger partial charge in [-0.05, 0) is 32.2 Å². The summed E-state index contributed by atoms with van der Waals surface area (Å²) in [4.78, 5) is 0. The van der Waals surface area contributed by atoms with Gasteiger partial charge in [0.1, 0.15) is 0 Å². The molecular weight excluding hydrogens is 144 g/mol. The van der Waals surface area contributed by atoms with E-state index in [1.54, 1.807) is 0 Å². The van der Waals surface area contributed by atoms with E-state index >= 15 is 0 Å². The first-order chi connectivity index (χ1) is 4.83. The summed E-state index contributed by atoms with van der Waals surface area (Å²) >= 11 is 1.93. The zero-order valence-corrected chi connectivity index (χ0v) is 7.34. The second-order valence-corrected chi connectivity index (χ2v) is 4.12. The third kappa shape index (κ3) is 1.65. The number of nitrogens with one attached hydrogen (secondary N) is 1. The summed E-state index contributed by atoms with van der Waals surface area (Å²) in [5.74, 6) is 0. The summed E-state index contributed by atoms with van der Waals surface area (Å²) in [5.41, 5.74) is 5.70. The van der Waals surface area contributed by atoms with Crippen LogP contribution in [0.4, 0.5) is 0 Å². The lowest BCUT2D eigenvalue weighted by Crippen LogP contribution is -2.44. The van der Waals surface area contributed by atoms with Crippen LogP contribution in [0.5, 0.6) is 0 Å². The number of rotatable bonds is 2. The molecule has 1 fully saturated rings. The standard InChI is InChI=1S/C7H16N2S/c1-10-7(6-8)2-4-9-5-3-7/h9H,2-6,8H2,1H3. The van der Waals surface area contributed by atoms with Gasteiger partial charge in [-0.25, -0.2) is 0 Å². The van der Waals surface area contributed by atoms with E-state index in [0.717, 1.165) is 19.6 Å². The molecule has 0 amide bonds. The molecule has 3 N–H and O–H groups in total. The smallest absolute Gasteiger partial charge is 0.0303 e. The quantitative estimate of drug-likeness (QED) is 0.615. The Hall–Kier alpha value is 0.270. The fourth-order valence-corrected chi connectivity index (χ4v) is 2.15. The largest absolute Gasteiger partial charge is 0.329 e. The highest BCUT2D eigenvalue weighted by Crippen LogP contribution is 2.30. The van der Waals surface area contributed by atoms with E-state index in [1.807, 2.05) is 11.8 Å². The molecule has 0 saturated carbocycles.